The monoisotopic (exact) mass is 412 g/mol. The molecule has 1 amide bonds. The average molecular weight is 413 g/mol. The van der Waals surface area contributed by atoms with Gasteiger partial charge in [-0.2, -0.15) is 0 Å². The number of phenols is 2. The number of benzene rings is 2. The van der Waals surface area contributed by atoms with Crippen LogP contribution in [0.4, 0.5) is 5.69 Å². The molecule has 29 heavy (non-hydrogen) atoms. The molecule has 1 aliphatic carbocycles. The highest BCUT2D eigenvalue weighted by atomic mass is 32.1. The molecule has 2 aromatic carbocycles. The number of aromatic hydroxyl groups is 2. The number of rotatable bonds is 4. The van der Waals surface area contributed by atoms with Crippen LogP contribution in [0.1, 0.15) is 43.7 Å². The molecule has 0 heterocycles. The highest BCUT2D eigenvalue weighted by Crippen LogP contribution is 2.34. The first-order valence-corrected chi connectivity index (χ1v) is 9.77. The Labute approximate surface area is 174 Å². The summed E-state index contributed by atoms with van der Waals surface area (Å²) >= 11 is 4.26. The summed E-state index contributed by atoms with van der Waals surface area (Å²) in [5.74, 6) is -1.67. The molecule has 0 aromatic heterocycles. The maximum atomic E-state index is 12.5. The van der Waals surface area contributed by atoms with Gasteiger partial charge in [0.05, 0.1) is 5.56 Å². The van der Waals surface area contributed by atoms with E-state index in [2.05, 4.69) is 17.9 Å². The maximum Gasteiger partial charge on any atom is 0.287 e. The summed E-state index contributed by atoms with van der Waals surface area (Å²) in [5.41, 5.74) is 1.09. The van der Waals surface area contributed by atoms with Crippen LogP contribution in [-0.4, -0.2) is 33.8 Å². The second-order valence-corrected chi connectivity index (χ2v) is 7.90. The molecule has 5 N–H and O–H groups in total. The molecule has 0 spiro atoms. The number of anilines is 1. The Morgan fingerprint density at radius 3 is 2.31 bits per heavy atom. The lowest BCUT2D eigenvalue weighted by atomic mass is 9.98. The van der Waals surface area contributed by atoms with Crippen molar-refractivity contribution >= 4 is 35.9 Å². The summed E-state index contributed by atoms with van der Waals surface area (Å²) in [6, 6.07) is 9.45. The number of nitrogens with zero attached hydrogens (tertiary/aromatic N) is 1. The van der Waals surface area contributed by atoms with Crippen LogP contribution in [-0.2, 0) is 4.79 Å². The van der Waals surface area contributed by atoms with Gasteiger partial charge in [-0.1, -0.05) is 13.8 Å². The summed E-state index contributed by atoms with van der Waals surface area (Å²) in [7, 11) is 0. The summed E-state index contributed by atoms with van der Waals surface area (Å²) < 4.78 is 0. The number of amidine groups is 2. The van der Waals surface area contributed by atoms with E-state index in [1.54, 1.807) is 24.3 Å². The normalized spacial score (nSPS) is 13.2. The molecule has 1 aliphatic rings. The zero-order valence-corrected chi connectivity index (χ0v) is 17.1. The summed E-state index contributed by atoms with van der Waals surface area (Å²) in [6.07, 6.45) is 1.75. The number of nitrogens with one attached hydrogen (secondary N) is 3. The molecule has 0 radical (unpaired) electrons. The second-order valence-electron chi connectivity index (χ2n) is 7.38. The fourth-order valence-electron chi connectivity index (χ4n) is 2.92. The SMILES string of the molecule is CC(C)c1cc(C(=N)N(C(=N)C(=O)NC2CC2)c2ccc(S)cc2)c(O)cc1O. The van der Waals surface area contributed by atoms with E-state index in [4.69, 9.17) is 10.8 Å². The Balaban J connectivity index is 2.04. The second kappa shape index (κ2) is 8.16. The van der Waals surface area contributed by atoms with Crippen LogP contribution in [0.25, 0.3) is 0 Å². The van der Waals surface area contributed by atoms with E-state index in [0.29, 0.717) is 16.1 Å². The predicted molar refractivity (Wildman–Crippen MR) is 116 cm³/mol. The fraction of sp³-hybridized carbons (Fsp3) is 0.286. The van der Waals surface area contributed by atoms with Crippen LogP contribution >= 0.6 is 12.6 Å². The minimum atomic E-state index is -0.588. The third-order valence-electron chi connectivity index (χ3n) is 4.70. The molecule has 0 unspecified atom stereocenters. The van der Waals surface area contributed by atoms with Crippen molar-refractivity contribution in [1.82, 2.24) is 5.32 Å². The molecule has 3 rings (SSSR count). The third-order valence-corrected chi connectivity index (χ3v) is 5.00. The van der Waals surface area contributed by atoms with Gasteiger partial charge in [-0.25, -0.2) is 0 Å². The van der Waals surface area contributed by atoms with Crippen LogP contribution in [0, 0.1) is 10.8 Å². The molecular weight excluding hydrogens is 388 g/mol. The lowest BCUT2D eigenvalue weighted by molar-refractivity contribution is -0.115. The van der Waals surface area contributed by atoms with Gasteiger partial charge in [0.1, 0.15) is 17.3 Å². The Morgan fingerprint density at radius 1 is 1.14 bits per heavy atom. The van der Waals surface area contributed by atoms with E-state index >= 15 is 0 Å². The van der Waals surface area contributed by atoms with Gasteiger partial charge in [0.2, 0.25) is 0 Å². The Morgan fingerprint density at radius 2 is 1.76 bits per heavy atom. The van der Waals surface area contributed by atoms with E-state index < -0.39 is 11.7 Å². The molecular formula is C21H24N4O3S. The molecule has 2 aromatic rings. The summed E-state index contributed by atoms with van der Waals surface area (Å²) in [4.78, 5) is 14.4. The van der Waals surface area contributed by atoms with Gasteiger partial charge in [0.25, 0.3) is 5.91 Å². The van der Waals surface area contributed by atoms with E-state index in [-0.39, 0.29) is 34.9 Å². The van der Waals surface area contributed by atoms with Crippen LogP contribution in [0.5, 0.6) is 11.5 Å². The maximum absolute atomic E-state index is 12.5. The Hall–Kier alpha value is -3.00. The van der Waals surface area contributed by atoms with Crippen LogP contribution in [0.2, 0.25) is 0 Å². The smallest absolute Gasteiger partial charge is 0.287 e. The minimum Gasteiger partial charge on any atom is -0.508 e. The van der Waals surface area contributed by atoms with E-state index in [0.717, 1.165) is 12.8 Å². The van der Waals surface area contributed by atoms with Gasteiger partial charge in [-0.15, -0.1) is 12.6 Å². The van der Waals surface area contributed by atoms with E-state index in [1.807, 2.05) is 13.8 Å². The van der Waals surface area contributed by atoms with Crippen molar-refractivity contribution < 1.29 is 15.0 Å². The van der Waals surface area contributed by atoms with Gasteiger partial charge in [-0.05, 0) is 54.7 Å². The molecule has 0 atom stereocenters. The first-order valence-electron chi connectivity index (χ1n) is 9.32. The number of amides is 1. The lowest BCUT2D eigenvalue weighted by Gasteiger charge is -2.26. The molecule has 0 bridgehead atoms. The van der Waals surface area contributed by atoms with Crippen LogP contribution < -0.4 is 10.2 Å². The first-order chi connectivity index (χ1) is 13.7. The molecule has 1 fully saturated rings. The quantitative estimate of drug-likeness (QED) is 0.261. The number of hydrogen-bond donors (Lipinski definition) is 6. The standard InChI is InChI=1S/C21H24N4O3S/c1-11(2)15-9-16(18(27)10-17(15)26)19(22)25(13-5-7-14(29)8-6-13)20(23)21(28)24-12-3-4-12/h5-12,22-23,26-27,29H,3-4H2,1-2H3,(H,24,28). The van der Waals surface area contributed by atoms with Crippen molar-refractivity contribution in [2.45, 2.75) is 43.5 Å². The van der Waals surface area contributed by atoms with Crippen LogP contribution in [0.15, 0.2) is 41.3 Å². The van der Waals surface area contributed by atoms with Crippen molar-refractivity contribution in [3.63, 3.8) is 0 Å². The first kappa shape index (κ1) is 20.7. The van der Waals surface area contributed by atoms with Crippen molar-refractivity contribution in [2.75, 3.05) is 4.90 Å². The summed E-state index contributed by atoms with van der Waals surface area (Å²) in [6.45, 7) is 3.77. The highest BCUT2D eigenvalue weighted by molar-refractivity contribution is 7.80. The molecule has 0 saturated heterocycles. The average Bonchev–Trinajstić information content (AvgIpc) is 3.47. The van der Waals surface area contributed by atoms with Gasteiger partial charge in [0.15, 0.2) is 5.84 Å². The fourth-order valence-corrected chi connectivity index (χ4v) is 3.07. The Bertz CT molecular complexity index is 969. The van der Waals surface area contributed by atoms with Crippen molar-refractivity contribution in [3.8, 4) is 11.5 Å². The van der Waals surface area contributed by atoms with Gasteiger partial charge in [-0.3, -0.25) is 20.5 Å². The Kier molecular flexibility index (Phi) is 5.83. The van der Waals surface area contributed by atoms with Gasteiger partial charge < -0.3 is 15.5 Å². The zero-order chi connectivity index (χ0) is 21.3. The predicted octanol–water partition coefficient (Wildman–Crippen LogP) is 3.60. The van der Waals surface area contributed by atoms with Crippen molar-refractivity contribution in [3.05, 3.63) is 47.5 Å². The number of thiol groups is 1. The van der Waals surface area contributed by atoms with E-state index in [1.165, 1.54) is 17.0 Å². The van der Waals surface area contributed by atoms with Crippen molar-refractivity contribution in [1.29, 1.82) is 10.8 Å². The van der Waals surface area contributed by atoms with Gasteiger partial charge >= 0.3 is 0 Å². The third kappa shape index (κ3) is 4.54. The van der Waals surface area contributed by atoms with Crippen molar-refractivity contribution in [2.24, 2.45) is 0 Å². The number of carbonyl (C=O) groups excluding carboxylic acids is 1. The number of hydrogen-bond acceptors (Lipinski definition) is 6. The lowest BCUT2D eigenvalue weighted by Crippen LogP contribution is -2.46. The highest BCUT2D eigenvalue weighted by Gasteiger charge is 2.30. The van der Waals surface area contributed by atoms with Gasteiger partial charge in [0, 0.05) is 22.7 Å². The zero-order valence-electron chi connectivity index (χ0n) is 16.2. The number of phenolic OH excluding ortho intramolecular Hbond substituents is 2. The number of carbonyl (C=O) groups is 1. The summed E-state index contributed by atoms with van der Waals surface area (Å²) in [5, 5.41) is 40.3. The minimum absolute atomic E-state index is 0.0447. The molecule has 152 valence electrons. The van der Waals surface area contributed by atoms with E-state index in [9.17, 15) is 15.0 Å². The molecule has 1 saturated carbocycles. The van der Waals surface area contributed by atoms with Crippen LogP contribution in [0.3, 0.4) is 0 Å². The molecule has 7 nitrogen and oxygen atoms in total. The topological polar surface area (TPSA) is 121 Å². The molecule has 0 aliphatic heterocycles. The largest absolute Gasteiger partial charge is 0.508 e. The molecule has 8 heteroatoms.